The molecule has 0 radical (unpaired) electrons. The average Bonchev–Trinajstić information content (AvgIpc) is 2.95. The van der Waals surface area contributed by atoms with Gasteiger partial charge in [0.05, 0.1) is 4.90 Å². The van der Waals surface area contributed by atoms with Gasteiger partial charge in [-0.1, -0.05) is 39.5 Å². The van der Waals surface area contributed by atoms with E-state index in [9.17, 15) is 23.1 Å². The van der Waals surface area contributed by atoms with Crippen molar-refractivity contribution in [3.63, 3.8) is 0 Å². The molecule has 0 saturated heterocycles. The Kier molecular flexibility index (Phi) is 8.45. The number of carbonyl (C=O) groups excluding carboxylic acids is 2. The minimum atomic E-state index is -3.79. The number of phenols is 1. The highest BCUT2D eigenvalue weighted by atomic mass is 32.2. The van der Waals surface area contributed by atoms with Gasteiger partial charge in [-0.3, -0.25) is 4.79 Å². The van der Waals surface area contributed by atoms with E-state index < -0.39 is 34.3 Å². The molecule has 0 spiro atoms. The van der Waals surface area contributed by atoms with E-state index in [2.05, 4.69) is 5.32 Å². The third kappa shape index (κ3) is 6.17. The Hall–Kier alpha value is -2.13. The van der Waals surface area contributed by atoms with Crippen LogP contribution in [0.4, 0.5) is 0 Å². The van der Waals surface area contributed by atoms with Crippen LogP contribution in [0.5, 0.6) is 5.75 Å². The number of amides is 1. The van der Waals surface area contributed by atoms with Crippen LogP contribution in [0.25, 0.3) is 0 Å². The average molecular weight is 427 g/mol. The lowest BCUT2D eigenvalue weighted by Gasteiger charge is -2.19. The van der Waals surface area contributed by atoms with E-state index in [-0.39, 0.29) is 29.6 Å². The number of rotatable bonds is 8. The van der Waals surface area contributed by atoms with Gasteiger partial charge in [-0.15, -0.1) is 0 Å². The molecule has 8 nitrogen and oxygen atoms in total. The Bertz CT molecular complexity index is 812. The Balaban J connectivity index is 2.04. The minimum absolute atomic E-state index is 0.0830. The van der Waals surface area contributed by atoms with Crippen molar-refractivity contribution in [2.75, 3.05) is 19.7 Å². The summed E-state index contributed by atoms with van der Waals surface area (Å²) >= 11 is 0. The van der Waals surface area contributed by atoms with Crippen LogP contribution in [0.2, 0.25) is 0 Å². The fraction of sp³-hybridized carbons (Fsp3) is 0.600. The Morgan fingerprint density at radius 3 is 2.34 bits per heavy atom. The minimum Gasteiger partial charge on any atom is -0.507 e. The summed E-state index contributed by atoms with van der Waals surface area (Å²) in [6, 6.07) is 3.53. The maximum atomic E-state index is 12.6. The molecule has 0 aromatic heterocycles. The van der Waals surface area contributed by atoms with Gasteiger partial charge < -0.3 is 15.2 Å². The Labute approximate surface area is 172 Å². The molecule has 0 bridgehead atoms. The van der Waals surface area contributed by atoms with Crippen molar-refractivity contribution < 1.29 is 27.9 Å². The van der Waals surface area contributed by atoms with Crippen LogP contribution < -0.4 is 5.32 Å². The van der Waals surface area contributed by atoms with Crippen LogP contribution in [0.15, 0.2) is 23.1 Å². The molecule has 1 saturated carbocycles. The van der Waals surface area contributed by atoms with Crippen LogP contribution in [-0.2, 0) is 19.6 Å². The summed E-state index contributed by atoms with van der Waals surface area (Å²) < 4.78 is 31.5. The van der Waals surface area contributed by atoms with Crippen molar-refractivity contribution in [3.8, 4) is 5.75 Å². The van der Waals surface area contributed by atoms with Gasteiger partial charge in [0.15, 0.2) is 6.61 Å². The lowest BCUT2D eigenvalue weighted by Crippen LogP contribution is -2.37. The molecular weight excluding hydrogens is 396 g/mol. The predicted octanol–water partition coefficient (Wildman–Crippen LogP) is 2.42. The molecule has 162 valence electrons. The number of hydrogen-bond donors (Lipinski definition) is 2. The van der Waals surface area contributed by atoms with Gasteiger partial charge in [-0.05, 0) is 31.0 Å². The summed E-state index contributed by atoms with van der Waals surface area (Å²) in [5.41, 5.74) is -0.291. The molecule has 1 aliphatic carbocycles. The van der Waals surface area contributed by atoms with E-state index >= 15 is 0 Å². The van der Waals surface area contributed by atoms with Crippen molar-refractivity contribution in [1.82, 2.24) is 9.62 Å². The first-order valence-corrected chi connectivity index (χ1v) is 11.5. The predicted molar refractivity (Wildman–Crippen MR) is 108 cm³/mol. The molecule has 0 unspecified atom stereocenters. The van der Waals surface area contributed by atoms with Crippen LogP contribution in [0.1, 0.15) is 62.7 Å². The molecule has 2 rings (SSSR count). The van der Waals surface area contributed by atoms with Crippen LogP contribution in [0.3, 0.4) is 0 Å². The lowest BCUT2D eigenvalue weighted by atomic mass is 10.1. The second-order valence-corrected chi connectivity index (χ2v) is 9.04. The summed E-state index contributed by atoms with van der Waals surface area (Å²) in [5, 5.41) is 12.8. The highest BCUT2D eigenvalue weighted by Crippen LogP contribution is 2.24. The smallest absolute Gasteiger partial charge is 0.342 e. The number of ether oxygens (including phenoxy) is 1. The molecule has 0 heterocycles. The molecule has 1 aromatic carbocycles. The Morgan fingerprint density at radius 1 is 1.14 bits per heavy atom. The second kappa shape index (κ2) is 10.6. The standard InChI is InChI=1S/C20H30N2O6S/c1-3-22(4-2)29(26,27)16-11-12-18(23)17(13-16)20(25)28-14-19(24)21-15-9-7-5-6-8-10-15/h11-13,15,23H,3-10,14H2,1-2H3,(H,21,24). The molecule has 9 heteroatoms. The maximum absolute atomic E-state index is 12.6. The first kappa shape index (κ1) is 23.2. The van der Waals surface area contributed by atoms with Crippen molar-refractivity contribution >= 4 is 21.9 Å². The Morgan fingerprint density at radius 2 is 1.76 bits per heavy atom. The van der Waals surface area contributed by atoms with E-state index in [0.717, 1.165) is 50.7 Å². The van der Waals surface area contributed by atoms with Crippen LogP contribution in [-0.4, -0.2) is 55.4 Å². The SMILES string of the molecule is CCN(CC)S(=O)(=O)c1ccc(O)c(C(=O)OCC(=O)NC2CCCCCC2)c1. The third-order valence-electron chi connectivity index (χ3n) is 5.09. The molecule has 29 heavy (non-hydrogen) atoms. The summed E-state index contributed by atoms with van der Waals surface area (Å²) in [6.07, 6.45) is 6.26. The van der Waals surface area contributed by atoms with Crippen molar-refractivity contribution in [3.05, 3.63) is 23.8 Å². The zero-order chi connectivity index (χ0) is 21.4. The monoisotopic (exact) mass is 426 g/mol. The van der Waals surface area contributed by atoms with Gasteiger partial charge in [-0.25, -0.2) is 13.2 Å². The molecule has 1 fully saturated rings. The summed E-state index contributed by atoms with van der Waals surface area (Å²) in [6.45, 7) is 3.50. The van der Waals surface area contributed by atoms with E-state index in [1.165, 1.54) is 10.4 Å². The quantitative estimate of drug-likeness (QED) is 0.488. The molecule has 1 aliphatic rings. The number of benzene rings is 1. The summed E-state index contributed by atoms with van der Waals surface area (Å²) in [7, 11) is -3.79. The van der Waals surface area contributed by atoms with Crippen molar-refractivity contribution in [1.29, 1.82) is 0 Å². The zero-order valence-electron chi connectivity index (χ0n) is 17.0. The number of esters is 1. The second-order valence-electron chi connectivity index (χ2n) is 7.10. The maximum Gasteiger partial charge on any atom is 0.342 e. The molecule has 1 aromatic rings. The highest BCUT2D eigenvalue weighted by molar-refractivity contribution is 7.89. The lowest BCUT2D eigenvalue weighted by molar-refractivity contribution is -0.125. The first-order valence-electron chi connectivity index (χ1n) is 10.1. The number of nitrogens with zero attached hydrogens (tertiary/aromatic N) is 1. The number of carbonyl (C=O) groups is 2. The topological polar surface area (TPSA) is 113 Å². The number of nitrogens with one attached hydrogen (secondary N) is 1. The molecule has 1 amide bonds. The number of sulfonamides is 1. The molecule has 0 atom stereocenters. The summed E-state index contributed by atoms with van der Waals surface area (Å²) in [4.78, 5) is 24.3. The van der Waals surface area contributed by atoms with Crippen molar-refractivity contribution in [2.45, 2.75) is 63.3 Å². The number of hydrogen-bond acceptors (Lipinski definition) is 6. The molecule has 2 N–H and O–H groups in total. The number of aromatic hydroxyl groups is 1. The van der Waals surface area contributed by atoms with Gasteiger partial charge in [0.25, 0.3) is 5.91 Å². The normalized spacial score (nSPS) is 15.7. The molecular formula is C20H30N2O6S. The first-order chi connectivity index (χ1) is 13.8. The van der Waals surface area contributed by atoms with Crippen LogP contribution >= 0.6 is 0 Å². The van der Waals surface area contributed by atoms with Gasteiger partial charge in [-0.2, -0.15) is 4.31 Å². The fourth-order valence-electron chi connectivity index (χ4n) is 3.45. The number of phenolic OH excluding ortho intramolecular Hbond substituents is 1. The van der Waals surface area contributed by atoms with E-state index in [1.807, 2.05) is 0 Å². The van der Waals surface area contributed by atoms with E-state index in [0.29, 0.717) is 0 Å². The highest BCUT2D eigenvalue weighted by Gasteiger charge is 2.25. The third-order valence-corrected chi connectivity index (χ3v) is 7.13. The van der Waals surface area contributed by atoms with Gasteiger partial charge >= 0.3 is 5.97 Å². The van der Waals surface area contributed by atoms with Gasteiger partial charge in [0, 0.05) is 19.1 Å². The molecule has 0 aliphatic heterocycles. The van der Waals surface area contributed by atoms with Crippen molar-refractivity contribution in [2.24, 2.45) is 0 Å². The van der Waals surface area contributed by atoms with Gasteiger partial charge in [0.2, 0.25) is 10.0 Å². The fourth-order valence-corrected chi connectivity index (χ4v) is 4.94. The van der Waals surface area contributed by atoms with E-state index in [1.54, 1.807) is 13.8 Å². The van der Waals surface area contributed by atoms with Gasteiger partial charge in [0.1, 0.15) is 11.3 Å². The zero-order valence-corrected chi connectivity index (χ0v) is 17.8. The summed E-state index contributed by atoms with van der Waals surface area (Å²) in [5.74, 6) is -1.76. The van der Waals surface area contributed by atoms with Crippen LogP contribution in [0, 0.1) is 0 Å². The van der Waals surface area contributed by atoms with E-state index in [4.69, 9.17) is 4.74 Å². The largest absolute Gasteiger partial charge is 0.507 e.